The van der Waals surface area contributed by atoms with Gasteiger partial charge in [-0.3, -0.25) is 4.21 Å². The Bertz CT molecular complexity index is 583. The van der Waals surface area contributed by atoms with E-state index in [4.69, 9.17) is 9.84 Å². The summed E-state index contributed by atoms with van der Waals surface area (Å²) in [4.78, 5) is 11.0. The van der Waals surface area contributed by atoms with E-state index in [2.05, 4.69) is 0 Å². The van der Waals surface area contributed by atoms with E-state index in [0.717, 1.165) is 0 Å². The van der Waals surface area contributed by atoms with Crippen molar-refractivity contribution in [1.29, 1.82) is 0 Å². The van der Waals surface area contributed by atoms with Gasteiger partial charge in [0.25, 0.3) is 0 Å². The van der Waals surface area contributed by atoms with Crippen LogP contribution in [0.1, 0.15) is 10.4 Å². The van der Waals surface area contributed by atoms with Crippen molar-refractivity contribution < 1.29 is 23.4 Å². The zero-order chi connectivity index (χ0) is 13.8. The third kappa shape index (κ3) is 2.98. The zero-order valence-electron chi connectivity index (χ0n) is 9.61. The number of carboxylic acids is 1. The summed E-state index contributed by atoms with van der Waals surface area (Å²) in [6.07, 6.45) is 0. The van der Waals surface area contributed by atoms with E-state index in [-0.39, 0.29) is 22.0 Å². The van der Waals surface area contributed by atoms with Gasteiger partial charge in [-0.25, -0.2) is 4.79 Å². The second-order valence-corrected chi connectivity index (χ2v) is 4.49. The molecule has 0 aliphatic carbocycles. The Morgan fingerprint density at radius 1 is 1.05 bits per heavy atom. The molecule has 2 rings (SSSR count). The molecule has 0 saturated carbocycles. The van der Waals surface area contributed by atoms with E-state index in [0.29, 0.717) is 0 Å². The van der Waals surface area contributed by atoms with E-state index in [9.17, 15) is 13.6 Å². The summed E-state index contributed by atoms with van der Waals surface area (Å²) in [6, 6.07) is 12.0. The third-order valence-corrected chi connectivity index (χ3v) is 3.06. The lowest BCUT2D eigenvalue weighted by Crippen LogP contribution is -2.01. The first-order valence-corrected chi connectivity index (χ1v) is 6.35. The number of aromatic carboxylic acids is 1. The van der Waals surface area contributed by atoms with Gasteiger partial charge in [0.15, 0.2) is 0 Å². The highest BCUT2D eigenvalue weighted by Crippen LogP contribution is 2.29. The Hall–Kier alpha value is -2.18. The van der Waals surface area contributed by atoms with Crippen molar-refractivity contribution in [3.63, 3.8) is 0 Å². The van der Waals surface area contributed by atoms with Crippen molar-refractivity contribution >= 4 is 17.0 Å². The first-order valence-electron chi connectivity index (χ1n) is 5.28. The molecule has 2 aromatic carbocycles. The molecular weight excluding hydrogens is 268 g/mol. The lowest BCUT2D eigenvalue weighted by atomic mass is 10.2. The van der Waals surface area contributed by atoms with Crippen molar-refractivity contribution in [1.82, 2.24) is 0 Å². The molecule has 0 aliphatic heterocycles. The number of carbonyl (C=O) groups is 1. The quantitative estimate of drug-likeness (QED) is 0.867. The highest BCUT2D eigenvalue weighted by Gasteiger charge is 2.12. The van der Waals surface area contributed by atoms with Gasteiger partial charge in [-0.05, 0) is 35.3 Å². The van der Waals surface area contributed by atoms with Crippen LogP contribution in [0.3, 0.4) is 0 Å². The molecule has 0 radical (unpaired) electrons. The Morgan fingerprint density at radius 3 is 2.26 bits per heavy atom. The predicted molar refractivity (Wildman–Crippen MR) is 67.1 cm³/mol. The average molecular weight is 277 g/mol. The third-order valence-electron chi connectivity index (χ3n) is 2.37. The van der Waals surface area contributed by atoms with Crippen LogP contribution in [-0.2, 0) is 11.1 Å². The van der Waals surface area contributed by atoms with E-state index >= 15 is 0 Å². The SMILES string of the molecule is O=C(O)c1ccccc1Oc1ccccc1S(=O)[O-]. The maximum atomic E-state index is 11.0. The van der Waals surface area contributed by atoms with Gasteiger partial charge in [-0.1, -0.05) is 24.3 Å². The number of rotatable bonds is 4. The van der Waals surface area contributed by atoms with Crippen LogP contribution >= 0.6 is 0 Å². The smallest absolute Gasteiger partial charge is 0.339 e. The normalized spacial score (nSPS) is 11.8. The second-order valence-electron chi connectivity index (χ2n) is 3.58. The van der Waals surface area contributed by atoms with E-state index in [1.165, 1.54) is 24.3 Å². The molecule has 0 bridgehead atoms. The van der Waals surface area contributed by atoms with Crippen LogP contribution in [-0.4, -0.2) is 19.8 Å². The fourth-order valence-electron chi connectivity index (χ4n) is 1.52. The van der Waals surface area contributed by atoms with Crippen LogP contribution in [0.25, 0.3) is 0 Å². The zero-order valence-corrected chi connectivity index (χ0v) is 10.4. The molecule has 1 N–H and O–H groups in total. The molecule has 1 atom stereocenters. The molecule has 0 heterocycles. The second kappa shape index (κ2) is 5.64. The standard InChI is InChI=1S/C13H10O5S/c14-13(15)9-5-1-2-6-10(9)18-11-7-3-4-8-12(11)19(16)17/h1-8H,(H,14,15)(H,16,17)/p-1. The minimum atomic E-state index is -2.45. The predicted octanol–water partition coefficient (Wildman–Crippen LogP) is 2.42. The lowest BCUT2D eigenvalue weighted by Gasteiger charge is -2.13. The summed E-state index contributed by atoms with van der Waals surface area (Å²) in [6.45, 7) is 0. The first-order chi connectivity index (χ1) is 9.09. The van der Waals surface area contributed by atoms with E-state index < -0.39 is 17.0 Å². The maximum absolute atomic E-state index is 11.0. The topological polar surface area (TPSA) is 86.7 Å². The number of para-hydroxylation sites is 2. The van der Waals surface area contributed by atoms with Crippen LogP contribution < -0.4 is 4.74 Å². The summed E-state index contributed by atoms with van der Waals surface area (Å²) in [7, 11) is 0. The molecule has 0 spiro atoms. The van der Waals surface area contributed by atoms with Crippen LogP contribution in [0.15, 0.2) is 53.4 Å². The van der Waals surface area contributed by atoms with Gasteiger partial charge in [-0.15, -0.1) is 0 Å². The summed E-state index contributed by atoms with van der Waals surface area (Å²) in [5.74, 6) is -0.964. The molecule has 2 aromatic rings. The lowest BCUT2D eigenvalue weighted by molar-refractivity contribution is 0.0694. The van der Waals surface area contributed by atoms with Gasteiger partial charge in [0.05, 0.1) is 4.90 Å². The number of benzene rings is 2. The minimum absolute atomic E-state index is 0.0253. The van der Waals surface area contributed by atoms with Gasteiger partial charge in [0.1, 0.15) is 17.1 Å². The van der Waals surface area contributed by atoms with E-state index in [1.807, 2.05) is 0 Å². The monoisotopic (exact) mass is 277 g/mol. The number of carboxylic acid groups (broad SMARTS) is 1. The summed E-state index contributed by atoms with van der Waals surface area (Å²) in [5, 5.41) is 9.02. The Morgan fingerprint density at radius 2 is 1.63 bits per heavy atom. The number of hydrogen-bond donors (Lipinski definition) is 1. The van der Waals surface area contributed by atoms with Crippen LogP contribution in [0.5, 0.6) is 11.5 Å². The molecule has 0 aliphatic rings. The summed E-state index contributed by atoms with van der Waals surface area (Å²) >= 11 is -2.45. The molecule has 5 nitrogen and oxygen atoms in total. The molecule has 19 heavy (non-hydrogen) atoms. The van der Waals surface area contributed by atoms with Gasteiger partial charge in [0, 0.05) is 0 Å². The van der Waals surface area contributed by atoms with Gasteiger partial charge < -0.3 is 14.4 Å². The largest absolute Gasteiger partial charge is 0.768 e. The molecule has 6 heteroatoms. The van der Waals surface area contributed by atoms with Crippen molar-refractivity contribution in [3.05, 3.63) is 54.1 Å². The Labute approximate surface area is 111 Å². The Kier molecular flexibility index (Phi) is 3.94. The van der Waals surface area contributed by atoms with Gasteiger partial charge in [-0.2, -0.15) is 0 Å². The molecule has 0 fully saturated rings. The minimum Gasteiger partial charge on any atom is -0.768 e. The molecule has 1 unspecified atom stereocenters. The van der Waals surface area contributed by atoms with Crippen molar-refractivity contribution in [2.75, 3.05) is 0 Å². The number of ether oxygens (including phenoxy) is 1. The molecule has 0 amide bonds. The highest BCUT2D eigenvalue weighted by atomic mass is 32.2. The van der Waals surface area contributed by atoms with Crippen LogP contribution in [0, 0.1) is 0 Å². The van der Waals surface area contributed by atoms with Crippen LogP contribution in [0.2, 0.25) is 0 Å². The van der Waals surface area contributed by atoms with Crippen molar-refractivity contribution in [2.24, 2.45) is 0 Å². The molecular formula is C13H9O5S-. The summed E-state index contributed by atoms with van der Waals surface area (Å²) < 4.78 is 27.5. The highest BCUT2D eigenvalue weighted by molar-refractivity contribution is 7.79. The van der Waals surface area contributed by atoms with Crippen molar-refractivity contribution in [3.8, 4) is 11.5 Å². The number of hydrogen-bond acceptors (Lipinski definition) is 4. The van der Waals surface area contributed by atoms with E-state index in [1.54, 1.807) is 24.3 Å². The maximum Gasteiger partial charge on any atom is 0.339 e. The molecule has 0 saturated heterocycles. The molecule has 98 valence electrons. The van der Waals surface area contributed by atoms with Gasteiger partial charge >= 0.3 is 5.97 Å². The summed E-state index contributed by atoms with van der Waals surface area (Å²) in [5.41, 5.74) is -0.0333. The van der Waals surface area contributed by atoms with Crippen LogP contribution in [0.4, 0.5) is 0 Å². The van der Waals surface area contributed by atoms with Crippen molar-refractivity contribution in [2.45, 2.75) is 4.90 Å². The molecule has 0 aromatic heterocycles. The first kappa shape index (κ1) is 13.3. The fraction of sp³-hybridized carbons (Fsp3) is 0. The average Bonchev–Trinajstić information content (AvgIpc) is 2.39. The fourth-order valence-corrected chi connectivity index (χ4v) is 1.99. The van der Waals surface area contributed by atoms with Gasteiger partial charge in [0.2, 0.25) is 0 Å². The Balaban J connectivity index is 2.42.